The first-order valence-corrected chi connectivity index (χ1v) is 9.15. The molecule has 1 saturated heterocycles. The van der Waals surface area contributed by atoms with Crippen LogP contribution in [0.15, 0.2) is 46.2 Å². The maximum Gasteiger partial charge on any atom is 0.308 e. The van der Waals surface area contributed by atoms with Gasteiger partial charge in [-0.15, -0.1) is 0 Å². The number of benzene rings is 1. The van der Waals surface area contributed by atoms with Gasteiger partial charge in [0.25, 0.3) is 5.22 Å². The van der Waals surface area contributed by atoms with Crippen molar-refractivity contribution in [3.05, 3.63) is 36.5 Å². The molecule has 0 radical (unpaired) electrons. The molecular weight excluding hydrogens is 340 g/mol. The Balaban J connectivity index is 1.49. The van der Waals surface area contributed by atoms with Gasteiger partial charge in [0.05, 0.1) is 25.0 Å². The van der Waals surface area contributed by atoms with E-state index < -0.39 is 0 Å². The Kier molecular flexibility index (Phi) is 5.75. The van der Waals surface area contributed by atoms with Crippen molar-refractivity contribution in [3.63, 3.8) is 0 Å². The smallest absolute Gasteiger partial charge is 0.308 e. The molecule has 3 rings (SSSR count). The molecule has 1 aromatic carbocycles. The van der Waals surface area contributed by atoms with Gasteiger partial charge in [0, 0.05) is 18.7 Å². The third-order valence-corrected chi connectivity index (χ3v) is 5.07. The Morgan fingerprint density at radius 1 is 1.28 bits per heavy atom. The molecule has 0 N–H and O–H groups in total. The highest BCUT2D eigenvalue weighted by molar-refractivity contribution is 7.99. The molecule has 0 bridgehead atoms. The number of ether oxygens (including phenoxy) is 1. The number of piperidine rings is 1. The van der Waals surface area contributed by atoms with E-state index in [4.69, 9.17) is 9.15 Å². The van der Waals surface area contributed by atoms with Gasteiger partial charge < -0.3 is 14.1 Å². The van der Waals surface area contributed by atoms with Crippen LogP contribution in [0.5, 0.6) is 0 Å². The van der Waals surface area contributed by atoms with E-state index in [9.17, 15) is 9.59 Å². The van der Waals surface area contributed by atoms with Crippen LogP contribution in [0.25, 0.3) is 11.3 Å². The van der Waals surface area contributed by atoms with Crippen molar-refractivity contribution >= 4 is 23.6 Å². The van der Waals surface area contributed by atoms with E-state index in [1.165, 1.54) is 18.9 Å². The Morgan fingerprint density at radius 2 is 2.00 bits per heavy atom. The summed E-state index contributed by atoms with van der Waals surface area (Å²) >= 11 is 1.29. The molecule has 25 heavy (non-hydrogen) atoms. The van der Waals surface area contributed by atoms with Crippen LogP contribution in [0.3, 0.4) is 0 Å². The normalized spacial score (nSPS) is 15.2. The second-order valence-corrected chi connectivity index (χ2v) is 6.75. The second kappa shape index (κ2) is 8.20. The van der Waals surface area contributed by atoms with Gasteiger partial charge in [-0.25, -0.2) is 4.98 Å². The van der Waals surface area contributed by atoms with Crippen molar-refractivity contribution in [1.82, 2.24) is 9.88 Å². The number of carbonyl (C=O) groups excluding carboxylic acids is 2. The summed E-state index contributed by atoms with van der Waals surface area (Å²) in [5.74, 6) is 0.719. The molecule has 1 aliphatic rings. The number of hydrogen-bond acceptors (Lipinski definition) is 6. The minimum atomic E-state index is -0.185. The maximum atomic E-state index is 12.3. The topological polar surface area (TPSA) is 72.6 Å². The lowest BCUT2D eigenvalue weighted by Gasteiger charge is -2.30. The van der Waals surface area contributed by atoms with Gasteiger partial charge in [-0.1, -0.05) is 42.1 Å². The van der Waals surface area contributed by atoms with Gasteiger partial charge in [0.15, 0.2) is 5.76 Å². The summed E-state index contributed by atoms with van der Waals surface area (Å²) in [4.78, 5) is 29.8. The molecule has 132 valence electrons. The zero-order valence-corrected chi connectivity index (χ0v) is 14.8. The van der Waals surface area contributed by atoms with Crippen LogP contribution in [0, 0.1) is 5.92 Å². The van der Waals surface area contributed by atoms with E-state index in [-0.39, 0.29) is 23.5 Å². The summed E-state index contributed by atoms with van der Waals surface area (Å²) in [6.07, 6.45) is 2.98. The molecule has 0 aliphatic carbocycles. The first kappa shape index (κ1) is 17.5. The number of oxazole rings is 1. The Labute approximate surface area is 150 Å². The lowest BCUT2D eigenvalue weighted by Crippen LogP contribution is -2.41. The monoisotopic (exact) mass is 360 g/mol. The number of esters is 1. The number of carbonyl (C=O) groups is 2. The minimum Gasteiger partial charge on any atom is -0.469 e. The number of aromatic nitrogens is 1. The Morgan fingerprint density at radius 3 is 2.68 bits per heavy atom. The van der Waals surface area contributed by atoms with Crippen LogP contribution in [-0.2, 0) is 14.3 Å². The Hall–Kier alpha value is -2.28. The summed E-state index contributed by atoms with van der Waals surface area (Å²) in [5, 5.41) is 0.483. The summed E-state index contributed by atoms with van der Waals surface area (Å²) in [6, 6.07) is 9.72. The number of rotatable bonds is 5. The Bertz CT molecular complexity index is 724. The average molecular weight is 360 g/mol. The molecule has 0 unspecified atom stereocenters. The van der Waals surface area contributed by atoms with Crippen molar-refractivity contribution in [3.8, 4) is 11.3 Å². The average Bonchev–Trinajstić information content (AvgIpc) is 3.15. The van der Waals surface area contributed by atoms with E-state index in [0.29, 0.717) is 36.9 Å². The molecule has 6 nitrogen and oxygen atoms in total. The highest BCUT2D eigenvalue weighted by Crippen LogP contribution is 2.26. The van der Waals surface area contributed by atoms with Crippen LogP contribution in [0.2, 0.25) is 0 Å². The van der Waals surface area contributed by atoms with E-state index in [0.717, 1.165) is 5.56 Å². The molecular formula is C18H20N2O4S. The number of hydrogen-bond donors (Lipinski definition) is 0. The number of nitrogens with zero attached hydrogens (tertiary/aromatic N) is 2. The zero-order valence-electron chi connectivity index (χ0n) is 14.0. The van der Waals surface area contributed by atoms with Crippen LogP contribution in [-0.4, -0.2) is 47.7 Å². The molecule has 0 spiro atoms. The summed E-state index contributed by atoms with van der Waals surface area (Å²) in [5.41, 5.74) is 0.957. The molecule has 1 aliphatic heterocycles. The molecule has 1 amide bonds. The summed E-state index contributed by atoms with van der Waals surface area (Å²) in [6.45, 7) is 1.17. The van der Waals surface area contributed by atoms with Crippen molar-refractivity contribution in [2.24, 2.45) is 5.92 Å². The van der Waals surface area contributed by atoms with Crippen molar-refractivity contribution in [2.75, 3.05) is 26.0 Å². The predicted molar refractivity (Wildman–Crippen MR) is 94.0 cm³/mol. The molecule has 7 heteroatoms. The minimum absolute atomic E-state index is 0.0350. The van der Waals surface area contributed by atoms with Crippen molar-refractivity contribution < 1.29 is 18.7 Å². The van der Waals surface area contributed by atoms with Crippen molar-refractivity contribution in [2.45, 2.75) is 18.1 Å². The van der Waals surface area contributed by atoms with Crippen LogP contribution in [0.1, 0.15) is 12.8 Å². The summed E-state index contributed by atoms with van der Waals surface area (Å²) in [7, 11) is 1.40. The first-order chi connectivity index (χ1) is 12.2. The van der Waals surface area contributed by atoms with Gasteiger partial charge in [0.2, 0.25) is 5.91 Å². The molecule has 0 atom stereocenters. The third kappa shape index (κ3) is 4.42. The van der Waals surface area contributed by atoms with E-state index >= 15 is 0 Å². The van der Waals surface area contributed by atoms with Gasteiger partial charge in [-0.3, -0.25) is 9.59 Å². The fourth-order valence-corrected chi connectivity index (χ4v) is 3.51. The van der Waals surface area contributed by atoms with Crippen LogP contribution >= 0.6 is 11.8 Å². The molecule has 2 aromatic rings. The maximum absolute atomic E-state index is 12.3. The SMILES string of the molecule is COC(=O)C1CCN(C(=O)CSc2ncc(-c3ccccc3)o2)CC1. The lowest BCUT2D eigenvalue weighted by molar-refractivity contribution is -0.148. The molecule has 0 saturated carbocycles. The van der Waals surface area contributed by atoms with Gasteiger partial charge in [-0.2, -0.15) is 0 Å². The number of amides is 1. The van der Waals surface area contributed by atoms with Crippen LogP contribution < -0.4 is 0 Å². The standard InChI is InChI=1S/C18H20N2O4S/c1-23-17(22)14-7-9-20(10-8-14)16(21)12-25-18-19-11-15(24-18)13-5-3-2-4-6-13/h2-6,11,14H,7-10,12H2,1H3. The molecule has 1 fully saturated rings. The number of likely N-dealkylation sites (tertiary alicyclic amines) is 1. The fraction of sp³-hybridized carbons (Fsp3) is 0.389. The first-order valence-electron chi connectivity index (χ1n) is 8.17. The van der Waals surface area contributed by atoms with E-state index in [2.05, 4.69) is 4.98 Å². The van der Waals surface area contributed by atoms with Crippen LogP contribution in [0.4, 0.5) is 0 Å². The van der Waals surface area contributed by atoms with Gasteiger partial charge >= 0.3 is 5.97 Å². The fourth-order valence-electron chi connectivity index (χ4n) is 2.81. The third-order valence-electron chi connectivity index (χ3n) is 4.24. The predicted octanol–water partition coefficient (Wildman–Crippen LogP) is 2.85. The van der Waals surface area contributed by atoms with Gasteiger partial charge in [0.1, 0.15) is 0 Å². The quantitative estimate of drug-likeness (QED) is 0.603. The largest absolute Gasteiger partial charge is 0.469 e. The zero-order chi connectivity index (χ0) is 17.6. The summed E-state index contributed by atoms with van der Waals surface area (Å²) < 4.78 is 10.5. The van der Waals surface area contributed by atoms with Crippen molar-refractivity contribution in [1.29, 1.82) is 0 Å². The van der Waals surface area contributed by atoms with E-state index in [1.54, 1.807) is 11.1 Å². The molecule has 1 aromatic heterocycles. The highest BCUT2D eigenvalue weighted by atomic mass is 32.2. The lowest BCUT2D eigenvalue weighted by atomic mass is 9.97. The van der Waals surface area contributed by atoms with E-state index in [1.807, 2.05) is 30.3 Å². The molecule has 2 heterocycles. The second-order valence-electron chi connectivity index (χ2n) is 5.82. The number of thioether (sulfide) groups is 1. The number of methoxy groups -OCH3 is 1. The highest BCUT2D eigenvalue weighted by Gasteiger charge is 2.27. The van der Waals surface area contributed by atoms with Gasteiger partial charge in [-0.05, 0) is 12.8 Å².